The predicted molar refractivity (Wildman–Crippen MR) is 127 cm³/mol. The van der Waals surface area contributed by atoms with Crippen LogP contribution in [0.3, 0.4) is 0 Å². The number of nitro benzene ring substituents is 1. The number of benzene rings is 2. The molecule has 1 aliphatic rings. The van der Waals surface area contributed by atoms with Gasteiger partial charge in [0.25, 0.3) is 17.5 Å². The summed E-state index contributed by atoms with van der Waals surface area (Å²) >= 11 is 14.8. The highest BCUT2D eigenvalue weighted by molar-refractivity contribution is 9.10. The highest BCUT2D eigenvalue weighted by atomic mass is 79.9. The van der Waals surface area contributed by atoms with Gasteiger partial charge >= 0.3 is 0 Å². The van der Waals surface area contributed by atoms with Gasteiger partial charge in [-0.25, -0.2) is 0 Å². The van der Waals surface area contributed by atoms with Crippen molar-refractivity contribution in [1.82, 2.24) is 10.2 Å². The van der Waals surface area contributed by atoms with Gasteiger partial charge in [-0.15, -0.1) is 6.58 Å². The molecule has 164 valence electrons. The summed E-state index contributed by atoms with van der Waals surface area (Å²) in [5, 5.41) is 13.6. The SMILES string of the molecule is C=CCN1C(=O)/C(=C/c2cc(Cl)c(OCc3cccc([N+](=O)[O-])c3)c(Br)c2)C(=O)NC1=S. The molecular formula is C21H15BrClN3O5S. The van der Waals surface area contributed by atoms with Crippen LogP contribution in [0.4, 0.5) is 5.69 Å². The highest BCUT2D eigenvalue weighted by Gasteiger charge is 2.32. The summed E-state index contributed by atoms with van der Waals surface area (Å²) < 4.78 is 6.21. The fourth-order valence-electron chi connectivity index (χ4n) is 2.87. The largest absolute Gasteiger partial charge is 0.486 e. The maximum absolute atomic E-state index is 12.7. The number of nitro groups is 1. The third-order valence-electron chi connectivity index (χ3n) is 4.33. The lowest BCUT2D eigenvalue weighted by atomic mass is 10.1. The predicted octanol–water partition coefficient (Wildman–Crippen LogP) is 4.40. The minimum atomic E-state index is -0.612. The zero-order chi connectivity index (χ0) is 23.4. The Morgan fingerprint density at radius 1 is 1.31 bits per heavy atom. The van der Waals surface area contributed by atoms with E-state index in [1.807, 2.05) is 0 Å². The molecule has 0 aliphatic carbocycles. The zero-order valence-corrected chi connectivity index (χ0v) is 19.5. The number of non-ortho nitro benzene ring substituents is 1. The van der Waals surface area contributed by atoms with Gasteiger partial charge in [-0.05, 0) is 57.5 Å². The number of carbonyl (C=O) groups excluding carboxylic acids is 2. The number of amides is 2. The van der Waals surface area contributed by atoms with Crippen LogP contribution in [-0.4, -0.2) is 33.3 Å². The Hall–Kier alpha value is -3.08. The second-order valence-corrected chi connectivity index (χ2v) is 8.20. The van der Waals surface area contributed by atoms with Crippen LogP contribution in [0.1, 0.15) is 11.1 Å². The summed E-state index contributed by atoms with van der Waals surface area (Å²) in [5.74, 6) is -0.843. The maximum atomic E-state index is 12.7. The van der Waals surface area contributed by atoms with Crippen molar-refractivity contribution in [2.45, 2.75) is 6.61 Å². The molecule has 0 radical (unpaired) electrons. The Morgan fingerprint density at radius 2 is 2.06 bits per heavy atom. The monoisotopic (exact) mass is 535 g/mol. The first-order valence-corrected chi connectivity index (χ1v) is 10.6. The number of thiocarbonyl (C=S) groups is 1. The van der Waals surface area contributed by atoms with Gasteiger partial charge in [-0.3, -0.25) is 29.9 Å². The number of carbonyl (C=O) groups is 2. The fourth-order valence-corrected chi connectivity index (χ4v) is 4.11. The molecule has 0 spiro atoms. The average Bonchev–Trinajstić information content (AvgIpc) is 2.73. The fraction of sp³-hybridized carbons (Fsp3) is 0.0952. The standard InChI is InChI=1S/C21H15BrClN3O5S/c1-2-6-25-20(28)15(19(27)24-21(25)32)8-13-9-16(22)18(17(23)10-13)31-11-12-4-3-5-14(7-12)26(29)30/h2-5,7-10H,1,6,11H2,(H,24,27,32)/b15-8+. The van der Waals surface area contributed by atoms with E-state index in [0.29, 0.717) is 21.3 Å². The number of nitrogens with one attached hydrogen (secondary N) is 1. The Labute approximate surface area is 201 Å². The number of hydrogen-bond donors (Lipinski definition) is 1. The van der Waals surface area contributed by atoms with Crippen LogP contribution in [0.5, 0.6) is 5.75 Å². The molecule has 1 heterocycles. The molecule has 0 aromatic heterocycles. The summed E-state index contributed by atoms with van der Waals surface area (Å²) in [6.07, 6.45) is 2.90. The zero-order valence-electron chi connectivity index (χ0n) is 16.3. The summed E-state index contributed by atoms with van der Waals surface area (Å²) in [4.78, 5) is 36.6. The summed E-state index contributed by atoms with van der Waals surface area (Å²) in [7, 11) is 0. The molecule has 1 saturated heterocycles. The van der Waals surface area contributed by atoms with Gasteiger partial charge in [0.15, 0.2) is 10.9 Å². The second kappa shape index (κ2) is 10.0. The molecule has 1 aliphatic heterocycles. The second-order valence-electron chi connectivity index (χ2n) is 6.55. The Kier molecular flexibility index (Phi) is 7.39. The van der Waals surface area contributed by atoms with E-state index < -0.39 is 16.7 Å². The minimum absolute atomic E-state index is 0.0150. The van der Waals surface area contributed by atoms with Gasteiger partial charge in [-0.2, -0.15) is 0 Å². The molecule has 32 heavy (non-hydrogen) atoms. The van der Waals surface area contributed by atoms with Crippen molar-refractivity contribution in [3.05, 3.63) is 85.4 Å². The Bertz CT molecular complexity index is 1160. The molecule has 2 aromatic carbocycles. The van der Waals surface area contributed by atoms with Crippen LogP contribution in [-0.2, 0) is 16.2 Å². The number of halogens is 2. The van der Waals surface area contributed by atoms with E-state index in [4.69, 9.17) is 28.6 Å². The van der Waals surface area contributed by atoms with Crippen molar-refractivity contribution in [2.24, 2.45) is 0 Å². The number of ether oxygens (including phenoxy) is 1. The van der Waals surface area contributed by atoms with E-state index >= 15 is 0 Å². The molecule has 8 nitrogen and oxygen atoms in total. The van der Waals surface area contributed by atoms with Crippen molar-refractivity contribution in [3.8, 4) is 5.75 Å². The molecule has 1 N–H and O–H groups in total. The van der Waals surface area contributed by atoms with Gasteiger partial charge in [-0.1, -0.05) is 29.8 Å². The van der Waals surface area contributed by atoms with Crippen molar-refractivity contribution >= 4 is 68.4 Å². The molecule has 3 rings (SSSR count). The van der Waals surface area contributed by atoms with Crippen LogP contribution in [0.25, 0.3) is 6.08 Å². The molecular weight excluding hydrogens is 522 g/mol. The third kappa shape index (κ3) is 5.21. The van der Waals surface area contributed by atoms with Gasteiger partial charge in [0.1, 0.15) is 12.2 Å². The van der Waals surface area contributed by atoms with Crippen molar-refractivity contribution in [3.63, 3.8) is 0 Å². The minimum Gasteiger partial charge on any atom is -0.486 e. The molecule has 0 bridgehead atoms. The van der Waals surface area contributed by atoms with Crippen molar-refractivity contribution < 1.29 is 19.2 Å². The van der Waals surface area contributed by atoms with Crippen LogP contribution in [0.15, 0.2) is 59.1 Å². The summed E-state index contributed by atoms with van der Waals surface area (Å²) in [6, 6.07) is 9.23. The van der Waals surface area contributed by atoms with E-state index in [0.717, 1.165) is 0 Å². The first kappa shape index (κ1) is 23.6. The lowest BCUT2D eigenvalue weighted by Crippen LogP contribution is -2.53. The highest BCUT2D eigenvalue weighted by Crippen LogP contribution is 2.36. The quantitative estimate of drug-likeness (QED) is 0.141. The van der Waals surface area contributed by atoms with E-state index in [9.17, 15) is 19.7 Å². The number of hydrogen-bond acceptors (Lipinski definition) is 6. The lowest BCUT2D eigenvalue weighted by Gasteiger charge is -2.27. The van der Waals surface area contributed by atoms with Gasteiger partial charge in [0.2, 0.25) is 0 Å². The van der Waals surface area contributed by atoms with E-state index in [-0.39, 0.29) is 34.5 Å². The van der Waals surface area contributed by atoms with Crippen molar-refractivity contribution in [2.75, 3.05) is 6.54 Å². The topological polar surface area (TPSA) is 102 Å². The van der Waals surface area contributed by atoms with Crippen LogP contribution < -0.4 is 10.1 Å². The smallest absolute Gasteiger partial charge is 0.269 e. The number of rotatable bonds is 7. The molecule has 1 fully saturated rings. The molecule has 2 amide bonds. The van der Waals surface area contributed by atoms with E-state index in [1.165, 1.54) is 35.3 Å². The molecule has 2 aromatic rings. The first-order valence-electron chi connectivity index (χ1n) is 9.06. The van der Waals surface area contributed by atoms with E-state index in [1.54, 1.807) is 18.2 Å². The van der Waals surface area contributed by atoms with Crippen LogP contribution in [0.2, 0.25) is 5.02 Å². The van der Waals surface area contributed by atoms with Crippen LogP contribution in [0, 0.1) is 10.1 Å². The lowest BCUT2D eigenvalue weighted by molar-refractivity contribution is -0.384. The normalized spacial score (nSPS) is 15.0. The van der Waals surface area contributed by atoms with Gasteiger partial charge < -0.3 is 4.74 Å². The van der Waals surface area contributed by atoms with Gasteiger partial charge in [0.05, 0.1) is 14.4 Å². The summed E-state index contributed by atoms with van der Waals surface area (Å²) in [6.45, 7) is 3.79. The average molecular weight is 537 g/mol. The molecule has 0 atom stereocenters. The van der Waals surface area contributed by atoms with Crippen LogP contribution >= 0.6 is 39.7 Å². The Balaban J connectivity index is 1.84. The third-order valence-corrected chi connectivity index (χ3v) is 5.53. The molecule has 11 heteroatoms. The Morgan fingerprint density at radius 3 is 2.72 bits per heavy atom. The van der Waals surface area contributed by atoms with Gasteiger partial charge in [0, 0.05) is 18.7 Å². The number of nitrogens with zero attached hydrogens (tertiary/aromatic N) is 2. The molecule has 0 unspecified atom stereocenters. The van der Waals surface area contributed by atoms with Crippen molar-refractivity contribution in [1.29, 1.82) is 0 Å². The van der Waals surface area contributed by atoms with E-state index in [2.05, 4.69) is 27.8 Å². The maximum Gasteiger partial charge on any atom is 0.269 e. The summed E-state index contributed by atoms with van der Waals surface area (Å²) in [5.41, 5.74) is 0.929. The first-order chi connectivity index (χ1) is 15.2. The molecule has 0 saturated carbocycles.